The molecule has 4 rings (SSSR count). The van der Waals surface area contributed by atoms with Gasteiger partial charge in [0.1, 0.15) is 5.56 Å². The van der Waals surface area contributed by atoms with Crippen molar-refractivity contribution in [2.24, 2.45) is 0 Å². The third-order valence-corrected chi connectivity index (χ3v) is 5.78. The zero-order chi connectivity index (χ0) is 20.9. The van der Waals surface area contributed by atoms with Gasteiger partial charge in [0, 0.05) is 56.4 Å². The van der Waals surface area contributed by atoms with E-state index in [-0.39, 0.29) is 11.0 Å². The molecule has 3 aromatic rings. The van der Waals surface area contributed by atoms with Crippen molar-refractivity contribution in [3.05, 3.63) is 81.6 Å². The van der Waals surface area contributed by atoms with Crippen LogP contribution in [0.5, 0.6) is 0 Å². The number of hydrogen-bond donors (Lipinski definition) is 1. The summed E-state index contributed by atoms with van der Waals surface area (Å²) in [4.78, 5) is 32.2. The number of esters is 1. The van der Waals surface area contributed by atoms with Gasteiger partial charge >= 0.3 is 5.97 Å². The molecule has 0 amide bonds. The van der Waals surface area contributed by atoms with Crippen molar-refractivity contribution in [1.82, 2.24) is 14.8 Å². The summed E-state index contributed by atoms with van der Waals surface area (Å²) in [5.41, 5.74) is 3.03. The Bertz CT molecular complexity index is 1070. The molecular formula is C24H27N3O3. The van der Waals surface area contributed by atoms with E-state index in [2.05, 4.69) is 49.9 Å². The number of piperazine rings is 1. The summed E-state index contributed by atoms with van der Waals surface area (Å²) >= 11 is 0. The van der Waals surface area contributed by atoms with Crippen molar-refractivity contribution in [2.75, 3.05) is 39.8 Å². The Morgan fingerprint density at radius 3 is 2.47 bits per heavy atom. The lowest BCUT2D eigenvalue weighted by Crippen LogP contribution is -2.46. The number of hydrogen-bond acceptors (Lipinski definition) is 5. The number of aromatic amines is 1. The molecular weight excluding hydrogens is 378 g/mol. The number of nitrogens with one attached hydrogen (secondary N) is 1. The van der Waals surface area contributed by atoms with Crippen molar-refractivity contribution in [1.29, 1.82) is 0 Å². The van der Waals surface area contributed by atoms with Gasteiger partial charge in [-0.25, -0.2) is 4.79 Å². The van der Waals surface area contributed by atoms with Gasteiger partial charge in [-0.1, -0.05) is 36.4 Å². The molecule has 6 heteroatoms. The van der Waals surface area contributed by atoms with Crippen molar-refractivity contribution in [3.63, 3.8) is 0 Å². The maximum absolute atomic E-state index is 12.5. The van der Waals surface area contributed by atoms with Crippen LogP contribution in [0.15, 0.2) is 59.5 Å². The quantitative estimate of drug-likeness (QED) is 0.639. The van der Waals surface area contributed by atoms with Crippen LogP contribution >= 0.6 is 0 Å². The second-order valence-electron chi connectivity index (χ2n) is 7.76. The second kappa shape index (κ2) is 9.24. The van der Waals surface area contributed by atoms with Crippen LogP contribution in [0.4, 0.5) is 0 Å². The Hall–Kier alpha value is -2.96. The van der Waals surface area contributed by atoms with Crippen molar-refractivity contribution in [2.45, 2.75) is 13.0 Å². The first-order chi connectivity index (χ1) is 14.6. The number of carbonyl (C=O) groups excluding carboxylic acids is 1. The Morgan fingerprint density at radius 2 is 1.73 bits per heavy atom. The molecule has 0 spiro atoms. The third-order valence-electron chi connectivity index (χ3n) is 5.78. The fourth-order valence-corrected chi connectivity index (χ4v) is 3.99. The van der Waals surface area contributed by atoms with Crippen LogP contribution < -0.4 is 5.43 Å². The smallest absolute Gasteiger partial charge is 0.343 e. The summed E-state index contributed by atoms with van der Waals surface area (Å²) < 4.78 is 4.67. The molecule has 0 saturated carbocycles. The van der Waals surface area contributed by atoms with Gasteiger partial charge in [0.05, 0.1) is 7.11 Å². The van der Waals surface area contributed by atoms with Crippen LogP contribution in [0, 0.1) is 0 Å². The summed E-state index contributed by atoms with van der Waals surface area (Å²) in [5.74, 6) is -0.617. The van der Waals surface area contributed by atoms with E-state index < -0.39 is 5.97 Å². The lowest BCUT2D eigenvalue weighted by atomic mass is 10.1. The zero-order valence-electron chi connectivity index (χ0n) is 17.3. The number of pyridine rings is 1. The number of aromatic nitrogens is 1. The van der Waals surface area contributed by atoms with Gasteiger partial charge in [0.25, 0.3) is 0 Å². The first-order valence-corrected chi connectivity index (χ1v) is 10.4. The highest BCUT2D eigenvalue weighted by Crippen LogP contribution is 2.14. The minimum absolute atomic E-state index is 0.0334. The zero-order valence-corrected chi connectivity index (χ0v) is 17.3. The van der Waals surface area contributed by atoms with Gasteiger partial charge < -0.3 is 14.6 Å². The number of methoxy groups -OCH3 is 1. The van der Waals surface area contributed by atoms with E-state index >= 15 is 0 Å². The van der Waals surface area contributed by atoms with Crippen LogP contribution in [-0.4, -0.2) is 60.6 Å². The predicted molar refractivity (Wildman–Crippen MR) is 118 cm³/mol. The largest absolute Gasteiger partial charge is 0.465 e. The molecule has 0 bridgehead atoms. The third kappa shape index (κ3) is 4.61. The molecule has 2 heterocycles. The summed E-state index contributed by atoms with van der Waals surface area (Å²) in [5, 5.41) is 0.510. The average molecular weight is 405 g/mol. The monoisotopic (exact) mass is 405 g/mol. The molecule has 0 aliphatic carbocycles. The van der Waals surface area contributed by atoms with Gasteiger partial charge in [-0.2, -0.15) is 0 Å². The van der Waals surface area contributed by atoms with Gasteiger partial charge in [-0.3, -0.25) is 9.69 Å². The second-order valence-corrected chi connectivity index (χ2v) is 7.76. The Balaban J connectivity index is 1.33. The van der Waals surface area contributed by atoms with Gasteiger partial charge in [0.2, 0.25) is 5.43 Å². The summed E-state index contributed by atoms with van der Waals surface area (Å²) in [6.07, 6.45) is 2.36. The number of benzene rings is 2. The number of ether oxygens (including phenoxy) is 1. The highest BCUT2D eigenvalue weighted by molar-refractivity contribution is 5.93. The highest BCUT2D eigenvalue weighted by Gasteiger charge is 2.17. The first-order valence-electron chi connectivity index (χ1n) is 10.4. The number of fused-ring (bicyclic) bond motifs is 1. The topological polar surface area (TPSA) is 65.6 Å². The fraction of sp³-hybridized carbons (Fsp3) is 0.333. The van der Waals surface area contributed by atoms with E-state index in [0.29, 0.717) is 5.39 Å². The van der Waals surface area contributed by atoms with E-state index in [4.69, 9.17) is 0 Å². The van der Waals surface area contributed by atoms with Crippen molar-refractivity contribution >= 4 is 16.9 Å². The van der Waals surface area contributed by atoms with E-state index in [1.807, 2.05) is 12.1 Å². The Labute approximate surface area is 176 Å². The molecule has 1 saturated heterocycles. The first kappa shape index (κ1) is 20.3. The Morgan fingerprint density at radius 1 is 1.00 bits per heavy atom. The normalized spacial score (nSPS) is 15.4. The van der Waals surface area contributed by atoms with Crippen LogP contribution in [0.1, 0.15) is 21.5 Å². The molecule has 0 atom stereocenters. The number of H-pyrrole nitrogens is 1. The number of nitrogens with zero attached hydrogens (tertiary/aromatic N) is 2. The summed E-state index contributed by atoms with van der Waals surface area (Å²) in [6.45, 7) is 6.31. The van der Waals surface area contributed by atoms with Crippen LogP contribution in [0.25, 0.3) is 10.9 Å². The predicted octanol–water partition coefficient (Wildman–Crippen LogP) is 2.68. The van der Waals surface area contributed by atoms with Crippen LogP contribution in [0.2, 0.25) is 0 Å². The van der Waals surface area contributed by atoms with E-state index in [9.17, 15) is 9.59 Å². The minimum atomic E-state index is -0.617. The van der Waals surface area contributed by atoms with Gasteiger partial charge in [-0.05, 0) is 29.7 Å². The number of carbonyl (C=O) groups is 1. The lowest BCUT2D eigenvalue weighted by Gasteiger charge is -2.34. The van der Waals surface area contributed by atoms with E-state index in [1.165, 1.54) is 24.4 Å². The molecule has 0 radical (unpaired) electrons. The molecule has 156 valence electrons. The molecule has 1 aromatic heterocycles. The lowest BCUT2D eigenvalue weighted by molar-refractivity contribution is 0.0599. The van der Waals surface area contributed by atoms with Crippen LogP contribution in [-0.2, 0) is 17.7 Å². The maximum atomic E-state index is 12.5. The van der Waals surface area contributed by atoms with Gasteiger partial charge in [-0.15, -0.1) is 0 Å². The molecule has 1 N–H and O–H groups in total. The molecule has 1 aliphatic heterocycles. The average Bonchev–Trinajstić information content (AvgIpc) is 2.79. The molecule has 0 unspecified atom stereocenters. The fourth-order valence-electron chi connectivity index (χ4n) is 3.99. The summed E-state index contributed by atoms with van der Waals surface area (Å²) in [7, 11) is 1.27. The SMILES string of the molecule is COC(=O)c1c[nH]c2cc(CCN3CCN(Cc4ccccc4)CC3)ccc2c1=O. The summed E-state index contributed by atoms with van der Waals surface area (Å²) in [6, 6.07) is 16.4. The Kier molecular flexibility index (Phi) is 6.26. The maximum Gasteiger partial charge on any atom is 0.343 e. The van der Waals surface area contributed by atoms with Crippen molar-refractivity contribution in [3.8, 4) is 0 Å². The van der Waals surface area contributed by atoms with Crippen molar-refractivity contribution < 1.29 is 9.53 Å². The minimum Gasteiger partial charge on any atom is -0.465 e. The molecule has 1 aliphatic rings. The van der Waals surface area contributed by atoms with E-state index in [0.717, 1.165) is 51.2 Å². The number of rotatable bonds is 6. The molecule has 2 aromatic carbocycles. The molecule has 1 fully saturated rings. The van der Waals surface area contributed by atoms with Gasteiger partial charge in [0.15, 0.2) is 0 Å². The molecule has 30 heavy (non-hydrogen) atoms. The van der Waals surface area contributed by atoms with E-state index in [1.54, 1.807) is 6.07 Å². The molecule has 6 nitrogen and oxygen atoms in total. The van der Waals surface area contributed by atoms with Crippen LogP contribution in [0.3, 0.4) is 0 Å². The highest BCUT2D eigenvalue weighted by atomic mass is 16.5. The standard InChI is InChI=1S/C24H27N3O3/c1-30-24(29)21-16-25-22-15-18(7-8-20(22)23(21)28)9-10-26-11-13-27(14-12-26)17-19-5-3-2-4-6-19/h2-8,15-16H,9-14,17H2,1H3,(H,25,28).